The quantitative estimate of drug-likeness (QED) is 0.814. The van der Waals surface area contributed by atoms with Gasteiger partial charge in [0.2, 0.25) is 0 Å². The van der Waals surface area contributed by atoms with Gasteiger partial charge in [-0.15, -0.1) is 0 Å². The van der Waals surface area contributed by atoms with Gasteiger partial charge in [-0.2, -0.15) is 0 Å². The minimum atomic E-state index is -4.11. The number of rotatable bonds is 4. The highest BCUT2D eigenvalue weighted by molar-refractivity contribution is 7.89. The first-order valence-corrected chi connectivity index (χ1v) is 6.90. The Morgan fingerprint density at radius 1 is 1.50 bits per heavy atom. The van der Waals surface area contributed by atoms with E-state index in [1.807, 2.05) is 0 Å². The lowest BCUT2D eigenvalue weighted by Crippen LogP contribution is -2.27. The van der Waals surface area contributed by atoms with Gasteiger partial charge in [0.25, 0.3) is 15.9 Å². The monoisotopic (exact) mass is 292 g/mol. The summed E-state index contributed by atoms with van der Waals surface area (Å²) in [6.07, 6.45) is 0. The lowest BCUT2D eigenvalue weighted by atomic mass is 10.2. The zero-order valence-corrected chi connectivity index (χ0v) is 11.4. The molecule has 0 heterocycles. The van der Waals surface area contributed by atoms with Crippen LogP contribution in [0.4, 0.5) is 0 Å². The summed E-state index contributed by atoms with van der Waals surface area (Å²) in [6, 6.07) is 3.84. The first-order chi connectivity index (χ1) is 8.33. The van der Waals surface area contributed by atoms with Crippen LogP contribution in [0.1, 0.15) is 17.3 Å². The third kappa shape index (κ3) is 2.99. The molecule has 0 aliphatic rings. The summed E-state index contributed by atoms with van der Waals surface area (Å²) in [5, 5.41) is 8.49. The second kappa shape index (κ2) is 5.66. The molecule has 18 heavy (non-hydrogen) atoms. The molecule has 0 aliphatic heterocycles. The Bertz CT molecular complexity index is 559. The van der Waals surface area contributed by atoms with Crippen molar-refractivity contribution in [2.24, 2.45) is 0 Å². The molecule has 1 rings (SSSR count). The normalized spacial score (nSPS) is 11.3. The van der Waals surface area contributed by atoms with E-state index < -0.39 is 10.0 Å². The summed E-state index contributed by atoms with van der Waals surface area (Å²) in [5.74, 6) is -0.330. The Kier molecular flexibility index (Phi) is 4.69. The number of carbonyl (C=O) groups excluding carboxylic acids is 1. The molecule has 0 fully saturated rings. The second-order valence-corrected chi connectivity index (χ2v) is 5.60. The maximum Gasteiger partial charge on any atom is 0.263 e. The van der Waals surface area contributed by atoms with E-state index in [9.17, 15) is 13.2 Å². The van der Waals surface area contributed by atoms with Gasteiger partial charge in [-0.1, -0.05) is 16.5 Å². The van der Waals surface area contributed by atoms with Crippen LogP contribution in [0.2, 0.25) is 5.02 Å². The highest BCUT2D eigenvalue weighted by Gasteiger charge is 2.20. The summed E-state index contributed by atoms with van der Waals surface area (Å²) in [4.78, 5) is 14.1. The van der Waals surface area contributed by atoms with E-state index in [1.54, 1.807) is 14.0 Å². The maximum atomic E-state index is 11.9. The smallest absolute Gasteiger partial charge is 0.263 e. The number of nitrogens with one attached hydrogen (secondary N) is 1. The molecule has 0 bridgehead atoms. The van der Waals surface area contributed by atoms with Gasteiger partial charge < -0.3 is 10.1 Å². The number of hydrogen-bond donors (Lipinski definition) is 2. The predicted octanol–water partition coefficient (Wildman–Crippen LogP) is 1.10. The number of amides is 1. The van der Waals surface area contributed by atoms with Crippen LogP contribution in [0, 0.1) is 0 Å². The van der Waals surface area contributed by atoms with Crippen LogP contribution in [0.15, 0.2) is 23.1 Å². The fourth-order valence-corrected chi connectivity index (χ4v) is 2.38. The Hall–Kier alpha value is -1.15. The number of halogens is 1. The van der Waals surface area contributed by atoms with Gasteiger partial charge in [-0.25, -0.2) is 8.42 Å². The van der Waals surface area contributed by atoms with Gasteiger partial charge in [-0.3, -0.25) is 4.79 Å². The number of carbonyl (C=O) groups is 1. The summed E-state index contributed by atoms with van der Waals surface area (Å²) in [5.41, 5.74) is 0.178. The Balaban J connectivity index is 3.29. The van der Waals surface area contributed by atoms with Crippen LogP contribution in [0.3, 0.4) is 0 Å². The van der Waals surface area contributed by atoms with E-state index in [0.717, 1.165) is 6.07 Å². The van der Waals surface area contributed by atoms with Crippen molar-refractivity contribution in [2.45, 2.75) is 11.8 Å². The van der Waals surface area contributed by atoms with Crippen molar-refractivity contribution in [3.63, 3.8) is 0 Å². The van der Waals surface area contributed by atoms with Gasteiger partial charge in [-0.05, 0) is 25.1 Å². The first-order valence-electron chi connectivity index (χ1n) is 5.04. The van der Waals surface area contributed by atoms with Crippen molar-refractivity contribution in [3.8, 4) is 0 Å². The van der Waals surface area contributed by atoms with E-state index in [4.69, 9.17) is 16.8 Å². The second-order valence-electron chi connectivity index (χ2n) is 3.56. The zero-order valence-electron chi connectivity index (χ0n) is 9.84. The third-order valence-electron chi connectivity index (χ3n) is 2.41. The first kappa shape index (κ1) is 14.9. The van der Waals surface area contributed by atoms with Crippen molar-refractivity contribution in [1.82, 2.24) is 9.79 Å². The lowest BCUT2D eigenvalue weighted by Gasteiger charge is -2.15. The van der Waals surface area contributed by atoms with Crippen molar-refractivity contribution < 1.29 is 18.4 Å². The maximum absolute atomic E-state index is 11.9. The zero-order chi connectivity index (χ0) is 13.9. The van der Waals surface area contributed by atoms with E-state index in [0.29, 0.717) is 6.54 Å². The van der Waals surface area contributed by atoms with Crippen LogP contribution >= 0.6 is 11.6 Å². The molecule has 8 heteroatoms. The summed E-state index contributed by atoms with van der Waals surface area (Å²) < 4.78 is 22.9. The highest BCUT2D eigenvalue weighted by Crippen LogP contribution is 2.22. The van der Waals surface area contributed by atoms with Crippen LogP contribution in [0.25, 0.3) is 0 Å². The number of nitrogens with zero attached hydrogens (tertiary/aromatic N) is 1. The molecular formula is C10H13ClN2O4S. The van der Waals surface area contributed by atoms with Gasteiger partial charge in [0, 0.05) is 19.2 Å². The Morgan fingerprint density at radius 2 is 2.11 bits per heavy atom. The third-order valence-corrected chi connectivity index (χ3v) is 4.01. The molecule has 2 N–H and O–H groups in total. The fraction of sp³-hybridized carbons (Fsp3) is 0.300. The lowest BCUT2D eigenvalue weighted by molar-refractivity contribution is 0.0802. The summed E-state index contributed by atoms with van der Waals surface area (Å²) >= 11 is 5.72. The van der Waals surface area contributed by atoms with E-state index >= 15 is 0 Å². The van der Waals surface area contributed by atoms with E-state index in [2.05, 4.69) is 0 Å². The molecule has 0 unspecified atom stereocenters. The van der Waals surface area contributed by atoms with Crippen LogP contribution in [-0.2, 0) is 10.0 Å². The standard InChI is InChI=1S/C10H13ClN2O4S/c1-3-13(2)10(14)7-4-5-8(11)9(6-7)18(16,17)12-15/h4-6,12,15H,3H2,1-2H3. The molecule has 1 aromatic rings. The van der Waals surface area contributed by atoms with Crippen LogP contribution < -0.4 is 4.89 Å². The molecule has 1 amide bonds. The minimum Gasteiger partial charge on any atom is -0.342 e. The topological polar surface area (TPSA) is 86.7 Å². The van der Waals surface area contributed by atoms with Crippen molar-refractivity contribution in [2.75, 3.05) is 13.6 Å². The SMILES string of the molecule is CCN(C)C(=O)c1ccc(Cl)c(S(=O)(=O)NO)c1. The molecule has 0 saturated heterocycles. The number of benzene rings is 1. The average Bonchev–Trinajstić information content (AvgIpc) is 2.37. The fourth-order valence-electron chi connectivity index (χ4n) is 1.26. The van der Waals surface area contributed by atoms with Crippen molar-refractivity contribution in [3.05, 3.63) is 28.8 Å². The number of hydrogen-bond acceptors (Lipinski definition) is 4. The largest absolute Gasteiger partial charge is 0.342 e. The number of sulfonamides is 1. The highest BCUT2D eigenvalue weighted by atomic mass is 35.5. The summed E-state index contributed by atoms with van der Waals surface area (Å²) in [7, 11) is -2.52. The molecule has 0 aromatic heterocycles. The Labute approximate surface area is 110 Å². The summed E-state index contributed by atoms with van der Waals surface area (Å²) in [6.45, 7) is 2.28. The van der Waals surface area contributed by atoms with Crippen molar-refractivity contribution in [1.29, 1.82) is 0 Å². The molecule has 0 atom stereocenters. The molecule has 6 nitrogen and oxygen atoms in total. The van der Waals surface area contributed by atoms with Gasteiger partial charge in [0.15, 0.2) is 0 Å². The van der Waals surface area contributed by atoms with Crippen LogP contribution in [0.5, 0.6) is 0 Å². The molecule has 0 radical (unpaired) electrons. The Morgan fingerprint density at radius 3 is 2.61 bits per heavy atom. The molecule has 1 aromatic carbocycles. The minimum absolute atomic E-state index is 0.0766. The predicted molar refractivity (Wildman–Crippen MR) is 66.2 cm³/mol. The van der Waals surface area contributed by atoms with E-state index in [1.165, 1.54) is 21.9 Å². The molecule has 0 spiro atoms. The molecular weight excluding hydrogens is 280 g/mol. The molecule has 0 saturated carbocycles. The van der Waals surface area contributed by atoms with Gasteiger partial charge >= 0.3 is 0 Å². The van der Waals surface area contributed by atoms with Crippen molar-refractivity contribution >= 4 is 27.5 Å². The van der Waals surface area contributed by atoms with Gasteiger partial charge in [0.1, 0.15) is 4.90 Å². The van der Waals surface area contributed by atoms with E-state index in [-0.39, 0.29) is 21.4 Å². The van der Waals surface area contributed by atoms with Gasteiger partial charge in [0.05, 0.1) is 5.02 Å². The molecule has 0 aliphatic carbocycles. The van der Waals surface area contributed by atoms with Crippen LogP contribution in [-0.4, -0.2) is 38.0 Å². The average molecular weight is 293 g/mol. The molecule has 100 valence electrons.